The Morgan fingerprint density at radius 3 is 2.31 bits per heavy atom. The smallest absolute Gasteiger partial charge is 0.329 e. The van der Waals surface area contributed by atoms with E-state index < -0.39 is 72.0 Å². The van der Waals surface area contributed by atoms with Gasteiger partial charge in [-0.3, -0.25) is 14.4 Å². The van der Waals surface area contributed by atoms with Gasteiger partial charge in [-0.05, 0) is 126 Å². The number of esters is 1. The number of aliphatic hydroxyl groups excluding tert-OH is 2. The van der Waals surface area contributed by atoms with E-state index in [0.29, 0.717) is 82.6 Å². The Bertz CT molecular complexity index is 1850. The van der Waals surface area contributed by atoms with Gasteiger partial charge in [0.15, 0.2) is 5.78 Å². The van der Waals surface area contributed by atoms with Crippen LogP contribution in [0, 0.1) is 47.3 Å². The van der Waals surface area contributed by atoms with E-state index in [1.807, 2.05) is 71.1 Å². The van der Waals surface area contributed by atoms with E-state index in [4.69, 9.17) is 23.7 Å². The number of carbonyl (C=O) groups is 4. The molecule has 382 valence electrons. The Labute approximate surface area is 407 Å². The van der Waals surface area contributed by atoms with E-state index in [2.05, 4.69) is 18.8 Å². The second kappa shape index (κ2) is 27.8. The van der Waals surface area contributed by atoms with Crippen LogP contribution in [0.3, 0.4) is 0 Å². The molecule has 0 radical (unpaired) electrons. The van der Waals surface area contributed by atoms with Gasteiger partial charge in [0, 0.05) is 45.4 Å². The standard InChI is InChI=1S/C55H85NO12/c1-11-12-18-29-66-47-34-43-25-23-41(8)55(63,68-43)52(60)53(61)56-28-17-16-21-44(56)54(62)67-46(38(5)32-42-24-26-45(57)48(33-42)64-9)27-22-36(3)31-40(7)50(59)51(65-10)49(58)39(6)30-35(2)19-14-13-15-20-37(47)4/h13-15,19-20,31,35-36,38-39,41-48,50-51,57,59,63H,11,16-17,21-30,32-34H2,1-10H3/b15-13+,19-14+,37-20+,40-31+/t35-,36+,38-,39-,41-,42+,43?,44?,45-,46?,47+,48-,50-,51+,55-/m1/s1. The average Bonchev–Trinajstić information content (AvgIpc) is 3.31. The molecule has 4 rings (SSSR count). The molecule has 1 aliphatic carbocycles. The number of allylic oxidation sites excluding steroid dienone is 6. The highest BCUT2D eigenvalue weighted by Crippen LogP contribution is 2.38. The third-order valence-electron chi connectivity index (χ3n) is 14.9. The number of fused-ring (bicyclic) bond motifs is 3. The molecule has 0 aromatic rings. The highest BCUT2D eigenvalue weighted by molar-refractivity contribution is 6.39. The fourth-order valence-corrected chi connectivity index (χ4v) is 10.5. The molecule has 3 fully saturated rings. The molecule has 0 aromatic heterocycles. The molecule has 68 heavy (non-hydrogen) atoms. The summed E-state index contributed by atoms with van der Waals surface area (Å²) in [7, 11) is 3.05. The van der Waals surface area contributed by atoms with Crippen LogP contribution in [0.4, 0.5) is 0 Å². The van der Waals surface area contributed by atoms with Gasteiger partial charge >= 0.3 is 5.97 Å². The molecular formula is C55H85NO12. The normalized spacial score (nSPS) is 38.9. The van der Waals surface area contributed by atoms with Crippen molar-refractivity contribution in [3.8, 4) is 11.8 Å². The summed E-state index contributed by atoms with van der Waals surface area (Å²) in [4.78, 5) is 58.2. The van der Waals surface area contributed by atoms with E-state index in [9.17, 15) is 34.5 Å². The maximum absolute atomic E-state index is 14.5. The predicted molar refractivity (Wildman–Crippen MR) is 262 cm³/mol. The van der Waals surface area contributed by atoms with Gasteiger partial charge in [-0.15, -0.1) is 5.92 Å². The summed E-state index contributed by atoms with van der Waals surface area (Å²) in [6.07, 6.45) is 14.9. The highest BCUT2D eigenvalue weighted by atomic mass is 16.6. The Hall–Kier alpha value is -3.48. The van der Waals surface area contributed by atoms with E-state index >= 15 is 0 Å². The van der Waals surface area contributed by atoms with E-state index in [-0.39, 0.29) is 54.6 Å². The zero-order chi connectivity index (χ0) is 50.1. The SMILES string of the molecule is CCC#CCO[C@H]1CC2CC[C@@H](C)[C@@](O)(O2)C(=O)C(=O)N2CCCCC2C(=O)OC([C@H](C)C[C@@H]2CC[C@@H](O)[C@H](OC)C2)CC[C@H](C)/C=C(\C)[C@@H](O)[C@@H](OC)C(=O)[C@H](C)C[C@H](C)/C=C/C=C/C=C/1C. The molecule has 13 heteroatoms. The Morgan fingerprint density at radius 2 is 1.60 bits per heavy atom. The van der Waals surface area contributed by atoms with E-state index in [1.54, 1.807) is 21.0 Å². The summed E-state index contributed by atoms with van der Waals surface area (Å²) in [6.45, 7) is 15.7. The quantitative estimate of drug-likeness (QED) is 0.0979. The number of ether oxygens (including phenoxy) is 5. The molecule has 0 spiro atoms. The van der Waals surface area contributed by atoms with E-state index in [0.717, 1.165) is 18.4 Å². The first-order chi connectivity index (χ1) is 32.3. The van der Waals surface area contributed by atoms with Gasteiger partial charge < -0.3 is 43.9 Å². The maximum atomic E-state index is 14.5. The van der Waals surface area contributed by atoms with Gasteiger partial charge in [-0.2, -0.15) is 0 Å². The van der Waals surface area contributed by atoms with Crippen molar-refractivity contribution >= 4 is 23.4 Å². The number of Topliss-reactive ketones (excluding diaryl/α,β-unsaturated/α-hetero) is 2. The molecule has 1 saturated carbocycles. The summed E-state index contributed by atoms with van der Waals surface area (Å²) in [5.41, 5.74) is 1.48. The van der Waals surface area contributed by atoms with Crippen LogP contribution in [-0.2, 0) is 42.9 Å². The molecule has 4 aliphatic rings. The number of ketones is 2. The third kappa shape index (κ3) is 16.0. The van der Waals surface area contributed by atoms with Crippen molar-refractivity contribution in [1.29, 1.82) is 0 Å². The van der Waals surface area contributed by atoms with Crippen LogP contribution in [0.25, 0.3) is 0 Å². The molecule has 2 saturated heterocycles. The van der Waals surface area contributed by atoms with Crippen LogP contribution in [-0.4, -0.2) is 126 Å². The number of cyclic esters (lactones) is 1. The van der Waals surface area contributed by atoms with Crippen molar-refractivity contribution in [3.05, 3.63) is 47.6 Å². The first-order valence-corrected chi connectivity index (χ1v) is 25.5. The molecule has 3 unspecified atom stereocenters. The Balaban J connectivity index is 1.70. The molecular weight excluding hydrogens is 867 g/mol. The zero-order valence-corrected chi connectivity index (χ0v) is 42.8. The van der Waals surface area contributed by atoms with Crippen LogP contribution < -0.4 is 0 Å². The third-order valence-corrected chi connectivity index (χ3v) is 14.9. The fourth-order valence-electron chi connectivity index (χ4n) is 10.5. The minimum absolute atomic E-state index is 0.0507. The lowest BCUT2D eigenvalue weighted by molar-refractivity contribution is -0.265. The number of aliphatic hydroxyl groups is 3. The summed E-state index contributed by atoms with van der Waals surface area (Å²) in [5, 5.41) is 34.1. The Kier molecular flexibility index (Phi) is 23.3. The summed E-state index contributed by atoms with van der Waals surface area (Å²) < 4.78 is 30.2. The van der Waals surface area contributed by atoms with Crippen molar-refractivity contribution in [2.45, 2.75) is 200 Å². The van der Waals surface area contributed by atoms with Gasteiger partial charge in [0.25, 0.3) is 11.7 Å². The summed E-state index contributed by atoms with van der Waals surface area (Å²) in [6, 6.07) is -1.03. The minimum Gasteiger partial charge on any atom is -0.461 e. The molecule has 3 heterocycles. The van der Waals surface area contributed by atoms with Crippen LogP contribution in [0.15, 0.2) is 47.6 Å². The lowest BCUT2D eigenvalue weighted by atomic mass is 9.78. The van der Waals surface area contributed by atoms with Crippen molar-refractivity contribution in [1.82, 2.24) is 4.90 Å². The van der Waals surface area contributed by atoms with Crippen LogP contribution in [0.2, 0.25) is 0 Å². The summed E-state index contributed by atoms with van der Waals surface area (Å²) >= 11 is 0. The molecule has 0 aromatic carbocycles. The number of nitrogens with zero attached hydrogens (tertiary/aromatic N) is 1. The highest BCUT2D eigenvalue weighted by Gasteiger charge is 2.53. The number of carbonyl (C=O) groups excluding carboxylic acids is 4. The number of amides is 1. The lowest BCUT2D eigenvalue weighted by Crippen LogP contribution is -2.61. The van der Waals surface area contributed by atoms with Crippen LogP contribution in [0.1, 0.15) is 145 Å². The van der Waals surface area contributed by atoms with Gasteiger partial charge in [0.1, 0.15) is 31.0 Å². The summed E-state index contributed by atoms with van der Waals surface area (Å²) in [5.74, 6) is -0.171. The van der Waals surface area contributed by atoms with Gasteiger partial charge in [-0.1, -0.05) is 83.9 Å². The number of hydrogen-bond acceptors (Lipinski definition) is 12. The molecule has 3 N–H and O–H groups in total. The molecule has 3 aliphatic heterocycles. The largest absolute Gasteiger partial charge is 0.461 e. The van der Waals surface area contributed by atoms with Gasteiger partial charge in [0.05, 0.1) is 24.4 Å². The minimum atomic E-state index is -2.41. The van der Waals surface area contributed by atoms with Crippen molar-refractivity contribution in [2.24, 2.45) is 35.5 Å². The zero-order valence-electron chi connectivity index (χ0n) is 42.8. The average molecular weight is 952 g/mol. The van der Waals surface area contributed by atoms with E-state index in [1.165, 1.54) is 12.0 Å². The first-order valence-electron chi connectivity index (χ1n) is 25.5. The molecule has 2 bridgehead atoms. The molecule has 13 nitrogen and oxygen atoms in total. The molecule has 1 amide bonds. The number of hydrogen-bond donors (Lipinski definition) is 3. The second-order valence-corrected chi connectivity index (χ2v) is 20.5. The number of rotatable bonds is 7. The van der Waals surface area contributed by atoms with Crippen LogP contribution in [0.5, 0.6) is 0 Å². The maximum Gasteiger partial charge on any atom is 0.329 e. The van der Waals surface area contributed by atoms with Crippen molar-refractivity contribution < 1.29 is 58.2 Å². The lowest BCUT2D eigenvalue weighted by Gasteiger charge is -2.43. The second-order valence-electron chi connectivity index (χ2n) is 20.5. The first kappa shape index (κ1) is 57.1. The predicted octanol–water partition coefficient (Wildman–Crippen LogP) is 7.79. The monoisotopic (exact) mass is 952 g/mol. The number of piperidine rings is 1. The number of methoxy groups -OCH3 is 2. The van der Waals surface area contributed by atoms with Gasteiger partial charge in [-0.25, -0.2) is 4.79 Å². The van der Waals surface area contributed by atoms with Crippen molar-refractivity contribution in [2.75, 3.05) is 27.4 Å². The fraction of sp³-hybridized carbons (Fsp3) is 0.745. The topological polar surface area (TPSA) is 178 Å². The molecule has 15 atom stereocenters. The van der Waals surface area contributed by atoms with Crippen molar-refractivity contribution in [3.63, 3.8) is 0 Å². The Morgan fingerprint density at radius 1 is 0.853 bits per heavy atom. The van der Waals surface area contributed by atoms with Gasteiger partial charge in [0.2, 0.25) is 5.79 Å². The van der Waals surface area contributed by atoms with Crippen LogP contribution >= 0.6 is 0 Å².